The fraction of sp³-hybridized carbons (Fsp3) is 0.350. The van der Waals surface area contributed by atoms with Crippen LogP contribution in [-0.2, 0) is 9.47 Å². The predicted octanol–water partition coefficient (Wildman–Crippen LogP) is 3.38. The summed E-state index contributed by atoms with van der Waals surface area (Å²) in [6, 6.07) is 14.2. The van der Waals surface area contributed by atoms with Crippen molar-refractivity contribution in [1.82, 2.24) is 0 Å². The molecule has 1 amide bonds. The smallest absolute Gasteiger partial charge is 0.255 e. The molecule has 0 aliphatic heterocycles. The van der Waals surface area contributed by atoms with Gasteiger partial charge in [-0.05, 0) is 55.5 Å². The van der Waals surface area contributed by atoms with E-state index in [0.717, 1.165) is 5.75 Å². The SMILES string of the molecule is CCOCCOc1ccc(C(=O)Nc2ccc(OCCOC)cc2)cc1. The van der Waals surface area contributed by atoms with Crippen LogP contribution in [0, 0.1) is 0 Å². The Morgan fingerprint density at radius 1 is 0.846 bits per heavy atom. The molecular weight excluding hydrogens is 334 g/mol. The molecule has 2 aromatic carbocycles. The van der Waals surface area contributed by atoms with Crippen LogP contribution in [-0.4, -0.2) is 46.1 Å². The maximum absolute atomic E-state index is 12.3. The molecular formula is C20H25NO5. The van der Waals surface area contributed by atoms with Gasteiger partial charge in [-0.15, -0.1) is 0 Å². The van der Waals surface area contributed by atoms with E-state index in [0.29, 0.717) is 50.0 Å². The minimum Gasteiger partial charge on any atom is -0.491 e. The highest BCUT2D eigenvalue weighted by Crippen LogP contribution is 2.17. The molecule has 0 radical (unpaired) electrons. The van der Waals surface area contributed by atoms with Crippen LogP contribution in [0.1, 0.15) is 17.3 Å². The summed E-state index contributed by atoms with van der Waals surface area (Å²) in [7, 11) is 1.63. The molecule has 0 aromatic heterocycles. The molecule has 1 N–H and O–H groups in total. The third kappa shape index (κ3) is 6.74. The minimum absolute atomic E-state index is 0.182. The molecule has 6 heteroatoms. The Labute approximate surface area is 154 Å². The molecule has 0 aliphatic carbocycles. The number of methoxy groups -OCH3 is 1. The molecule has 0 spiro atoms. The van der Waals surface area contributed by atoms with Crippen molar-refractivity contribution >= 4 is 11.6 Å². The molecule has 6 nitrogen and oxygen atoms in total. The van der Waals surface area contributed by atoms with Crippen molar-refractivity contribution in [3.8, 4) is 11.5 Å². The van der Waals surface area contributed by atoms with Gasteiger partial charge in [0.1, 0.15) is 24.7 Å². The average Bonchev–Trinajstić information content (AvgIpc) is 2.67. The number of carbonyl (C=O) groups is 1. The molecule has 0 saturated carbocycles. The summed E-state index contributed by atoms with van der Waals surface area (Å²) in [4.78, 5) is 12.3. The number of hydrogen-bond donors (Lipinski definition) is 1. The Morgan fingerprint density at radius 2 is 1.42 bits per heavy atom. The van der Waals surface area contributed by atoms with Crippen LogP contribution in [0.5, 0.6) is 11.5 Å². The highest BCUT2D eigenvalue weighted by molar-refractivity contribution is 6.04. The normalized spacial score (nSPS) is 10.4. The van der Waals surface area contributed by atoms with Crippen molar-refractivity contribution in [2.75, 3.05) is 45.5 Å². The van der Waals surface area contributed by atoms with Gasteiger partial charge < -0.3 is 24.3 Å². The molecule has 26 heavy (non-hydrogen) atoms. The second kappa shape index (κ2) is 11.1. The second-order valence-electron chi connectivity index (χ2n) is 5.39. The summed E-state index contributed by atoms with van der Waals surface area (Å²) >= 11 is 0. The molecule has 0 bridgehead atoms. The van der Waals surface area contributed by atoms with Gasteiger partial charge in [0.05, 0.1) is 13.2 Å². The zero-order chi connectivity index (χ0) is 18.6. The van der Waals surface area contributed by atoms with Crippen LogP contribution >= 0.6 is 0 Å². The van der Waals surface area contributed by atoms with Crippen LogP contribution in [0.3, 0.4) is 0 Å². The van der Waals surface area contributed by atoms with Crippen molar-refractivity contribution < 1.29 is 23.7 Å². The number of amides is 1. The van der Waals surface area contributed by atoms with Crippen LogP contribution in [0.15, 0.2) is 48.5 Å². The zero-order valence-corrected chi connectivity index (χ0v) is 15.2. The van der Waals surface area contributed by atoms with E-state index >= 15 is 0 Å². The fourth-order valence-corrected chi connectivity index (χ4v) is 2.15. The standard InChI is InChI=1S/C20H25NO5/c1-3-24-13-15-26-18-8-4-16(5-9-18)20(22)21-17-6-10-19(11-7-17)25-14-12-23-2/h4-11H,3,12-15H2,1-2H3,(H,21,22). The van der Waals surface area contributed by atoms with E-state index in [4.69, 9.17) is 18.9 Å². The number of carbonyl (C=O) groups excluding carboxylic acids is 1. The van der Waals surface area contributed by atoms with Gasteiger partial charge in [-0.3, -0.25) is 4.79 Å². The van der Waals surface area contributed by atoms with Gasteiger partial charge in [0, 0.05) is 25.0 Å². The highest BCUT2D eigenvalue weighted by Gasteiger charge is 2.06. The van der Waals surface area contributed by atoms with Gasteiger partial charge in [-0.25, -0.2) is 0 Å². The first-order chi connectivity index (χ1) is 12.7. The monoisotopic (exact) mass is 359 g/mol. The zero-order valence-electron chi connectivity index (χ0n) is 15.2. The maximum atomic E-state index is 12.3. The van der Waals surface area contributed by atoms with Gasteiger partial charge in [0.2, 0.25) is 0 Å². The number of benzene rings is 2. The van der Waals surface area contributed by atoms with E-state index in [2.05, 4.69) is 5.32 Å². The van der Waals surface area contributed by atoms with E-state index in [1.54, 1.807) is 55.6 Å². The average molecular weight is 359 g/mol. The number of anilines is 1. The van der Waals surface area contributed by atoms with Crippen LogP contribution in [0.25, 0.3) is 0 Å². The quantitative estimate of drug-likeness (QED) is 0.623. The number of ether oxygens (including phenoxy) is 4. The fourth-order valence-electron chi connectivity index (χ4n) is 2.15. The van der Waals surface area contributed by atoms with Crippen LogP contribution < -0.4 is 14.8 Å². The third-order valence-electron chi connectivity index (χ3n) is 3.49. The third-order valence-corrected chi connectivity index (χ3v) is 3.49. The topological polar surface area (TPSA) is 66.0 Å². The van der Waals surface area contributed by atoms with E-state index in [9.17, 15) is 4.79 Å². The number of nitrogens with one attached hydrogen (secondary N) is 1. The lowest BCUT2D eigenvalue weighted by molar-refractivity contribution is 0.102. The summed E-state index contributed by atoms with van der Waals surface area (Å²) in [6.07, 6.45) is 0. The van der Waals surface area contributed by atoms with Gasteiger partial charge >= 0.3 is 0 Å². The summed E-state index contributed by atoms with van der Waals surface area (Å²) in [5.41, 5.74) is 1.26. The first-order valence-corrected chi connectivity index (χ1v) is 8.56. The van der Waals surface area contributed by atoms with Crippen molar-refractivity contribution in [3.63, 3.8) is 0 Å². The molecule has 140 valence electrons. The van der Waals surface area contributed by atoms with Gasteiger partial charge in [-0.2, -0.15) is 0 Å². The van der Waals surface area contributed by atoms with Crippen LogP contribution in [0.2, 0.25) is 0 Å². The molecule has 0 heterocycles. The molecule has 2 rings (SSSR count). The van der Waals surface area contributed by atoms with Crippen LogP contribution in [0.4, 0.5) is 5.69 Å². The lowest BCUT2D eigenvalue weighted by Gasteiger charge is -2.09. The molecule has 2 aromatic rings. The summed E-state index contributed by atoms with van der Waals surface area (Å²) in [6.45, 7) is 4.66. The van der Waals surface area contributed by atoms with Crippen molar-refractivity contribution in [2.45, 2.75) is 6.92 Å². The predicted molar refractivity (Wildman–Crippen MR) is 100 cm³/mol. The van der Waals surface area contributed by atoms with Crippen molar-refractivity contribution in [3.05, 3.63) is 54.1 Å². The van der Waals surface area contributed by atoms with E-state index in [-0.39, 0.29) is 5.91 Å². The largest absolute Gasteiger partial charge is 0.491 e. The van der Waals surface area contributed by atoms with Crippen molar-refractivity contribution in [1.29, 1.82) is 0 Å². The number of hydrogen-bond acceptors (Lipinski definition) is 5. The first-order valence-electron chi connectivity index (χ1n) is 8.56. The second-order valence-corrected chi connectivity index (χ2v) is 5.39. The van der Waals surface area contributed by atoms with E-state index in [1.807, 2.05) is 6.92 Å². The molecule has 0 aliphatic rings. The maximum Gasteiger partial charge on any atom is 0.255 e. The Hall–Kier alpha value is -2.57. The molecule has 0 atom stereocenters. The lowest BCUT2D eigenvalue weighted by Crippen LogP contribution is -2.12. The van der Waals surface area contributed by atoms with E-state index < -0.39 is 0 Å². The molecule has 0 fully saturated rings. The lowest BCUT2D eigenvalue weighted by atomic mass is 10.2. The molecule has 0 saturated heterocycles. The molecule has 0 unspecified atom stereocenters. The van der Waals surface area contributed by atoms with E-state index in [1.165, 1.54) is 0 Å². The summed E-state index contributed by atoms with van der Waals surface area (Å²) < 4.78 is 21.2. The van der Waals surface area contributed by atoms with Gasteiger partial charge in [-0.1, -0.05) is 0 Å². The Balaban J connectivity index is 1.83. The first kappa shape index (κ1) is 19.8. The minimum atomic E-state index is -0.182. The van der Waals surface area contributed by atoms with Gasteiger partial charge in [0.25, 0.3) is 5.91 Å². The highest BCUT2D eigenvalue weighted by atomic mass is 16.5. The summed E-state index contributed by atoms with van der Waals surface area (Å²) in [5, 5.41) is 2.85. The number of rotatable bonds is 11. The Kier molecular flexibility index (Phi) is 8.45. The summed E-state index contributed by atoms with van der Waals surface area (Å²) in [5.74, 6) is 1.26. The Morgan fingerprint density at radius 3 is 2.00 bits per heavy atom. The Bertz CT molecular complexity index is 655. The van der Waals surface area contributed by atoms with Gasteiger partial charge in [0.15, 0.2) is 0 Å². The van der Waals surface area contributed by atoms with Crippen molar-refractivity contribution in [2.24, 2.45) is 0 Å².